The van der Waals surface area contributed by atoms with Gasteiger partial charge in [-0.2, -0.15) is 0 Å². The molecule has 0 atom stereocenters. The topological polar surface area (TPSA) is 83.3 Å². The average Bonchev–Trinajstić information content (AvgIpc) is 2.98. The summed E-state index contributed by atoms with van der Waals surface area (Å²) < 4.78 is 3.82. The zero-order valence-corrected chi connectivity index (χ0v) is 17.5. The zero-order chi connectivity index (χ0) is 19.4. The van der Waals surface area contributed by atoms with Crippen LogP contribution < -0.4 is 16.6 Å². The van der Waals surface area contributed by atoms with Crippen molar-refractivity contribution < 1.29 is 0 Å². The van der Waals surface area contributed by atoms with Crippen LogP contribution in [0.3, 0.4) is 0 Å². The van der Waals surface area contributed by atoms with E-state index in [1.54, 1.807) is 0 Å². The molecule has 1 aromatic heterocycles. The fraction of sp³-hybridized carbons (Fsp3) is 0.200. The van der Waals surface area contributed by atoms with Crippen LogP contribution in [-0.4, -0.2) is 16.3 Å². The van der Waals surface area contributed by atoms with Crippen molar-refractivity contribution in [1.82, 2.24) is 4.37 Å². The number of rotatable bonds is 6. The molecule has 0 aliphatic carbocycles. The van der Waals surface area contributed by atoms with E-state index in [2.05, 4.69) is 30.6 Å². The Hall–Kier alpha value is -2.38. The lowest BCUT2D eigenvalue weighted by atomic mass is 10.1. The van der Waals surface area contributed by atoms with Gasteiger partial charge in [0.2, 0.25) is 0 Å². The normalized spacial score (nSPS) is 11.8. The molecule has 0 amide bonds. The number of halogens is 1. The largest absolute Gasteiger partial charge is 0.383 e. The minimum absolute atomic E-state index is 0.0427. The Balaban J connectivity index is 1.76. The summed E-state index contributed by atoms with van der Waals surface area (Å²) in [5.74, 6) is 0.302. The molecule has 3 rings (SSSR count). The van der Waals surface area contributed by atoms with Crippen molar-refractivity contribution in [1.29, 1.82) is 0 Å². The first-order chi connectivity index (χ1) is 12.9. The highest BCUT2D eigenvalue weighted by Gasteiger charge is 2.15. The molecule has 27 heavy (non-hydrogen) atoms. The molecule has 4 N–H and O–H groups in total. The molecule has 0 saturated heterocycles. The summed E-state index contributed by atoms with van der Waals surface area (Å²) in [5, 5.41) is 3.36. The van der Waals surface area contributed by atoms with Crippen molar-refractivity contribution in [3.05, 3.63) is 79.4 Å². The maximum absolute atomic E-state index is 12.1. The van der Waals surface area contributed by atoms with E-state index in [-0.39, 0.29) is 11.6 Å². The molecular formula is C20H21BrN4OS. The van der Waals surface area contributed by atoms with Gasteiger partial charge < -0.3 is 11.1 Å². The molecule has 0 bridgehead atoms. The number of aromatic nitrogens is 1. The Morgan fingerprint density at radius 3 is 2.33 bits per heavy atom. The van der Waals surface area contributed by atoms with Crippen LogP contribution in [0.5, 0.6) is 0 Å². The summed E-state index contributed by atoms with van der Waals surface area (Å²) in [6.45, 7) is 3.87. The molecule has 0 radical (unpaired) electrons. The number of nitrogens with zero attached hydrogens (tertiary/aromatic N) is 1. The van der Waals surface area contributed by atoms with Crippen molar-refractivity contribution in [2.75, 3.05) is 5.32 Å². The molecule has 7 heteroatoms. The minimum atomic E-state index is -0.176. The minimum Gasteiger partial charge on any atom is -0.383 e. The Morgan fingerprint density at radius 2 is 1.74 bits per heavy atom. The number of nitrogens with one attached hydrogen (secondary N) is 2. The molecule has 0 aliphatic heterocycles. The summed E-state index contributed by atoms with van der Waals surface area (Å²) >= 11 is 4.75. The molecule has 3 aromatic rings. The molecule has 0 fully saturated rings. The van der Waals surface area contributed by atoms with Crippen LogP contribution in [0.2, 0.25) is 0 Å². The third-order valence-electron chi connectivity index (χ3n) is 3.88. The number of nitrogens with two attached hydrogens (primary N) is 1. The quantitative estimate of drug-likeness (QED) is 0.382. The lowest BCUT2D eigenvalue weighted by Gasteiger charge is -2.08. The number of amidine groups is 1. The van der Waals surface area contributed by atoms with E-state index in [9.17, 15) is 4.79 Å². The third kappa shape index (κ3) is 5.08. The smallest absolute Gasteiger partial charge is 0.269 e. The number of H-pyrrole nitrogens is 1. The highest BCUT2D eigenvalue weighted by molar-refractivity contribution is 9.10. The predicted molar refractivity (Wildman–Crippen MR) is 117 cm³/mol. The van der Waals surface area contributed by atoms with E-state index in [1.807, 2.05) is 62.4 Å². The maximum Gasteiger partial charge on any atom is 0.269 e. The fourth-order valence-electron chi connectivity index (χ4n) is 2.65. The number of aliphatic imine (C=N–C) groups is 1. The number of aromatic amines is 1. The van der Waals surface area contributed by atoms with Gasteiger partial charge in [-0.05, 0) is 55.8 Å². The molecule has 0 aliphatic rings. The van der Waals surface area contributed by atoms with E-state index in [4.69, 9.17) is 5.73 Å². The van der Waals surface area contributed by atoms with Crippen LogP contribution >= 0.6 is 27.5 Å². The molecule has 140 valence electrons. The van der Waals surface area contributed by atoms with E-state index < -0.39 is 0 Å². The number of hydrogen-bond donors (Lipinski definition) is 3. The molecule has 0 spiro atoms. The maximum atomic E-state index is 12.1. The van der Waals surface area contributed by atoms with Gasteiger partial charge in [0.25, 0.3) is 5.56 Å². The van der Waals surface area contributed by atoms with Gasteiger partial charge in [0, 0.05) is 33.2 Å². The first kappa shape index (κ1) is 19.4. The van der Waals surface area contributed by atoms with Crippen molar-refractivity contribution in [3.8, 4) is 0 Å². The molecule has 0 unspecified atom stereocenters. The summed E-state index contributed by atoms with van der Waals surface area (Å²) in [7, 11) is 0. The molecule has 0 saturated carbocycles. The summed E-state index contributed by atoms with van der Waals surface area (Å²) in [4.78, 5) is 17.3. The van der Waals surface area contributed by atoms with Crippen LogP contribution in [0.15, 0.2) is 62.8 Å². The molecule has 1 heterocycles. The van der Waals surface area contributed by atoms with Crippen molar-refractivity contribution >= 4 is 44.7 Å². The summed E-state index contributed by atoms with van der Waals surface area (Å²) in [6.07, 6.45) is 0.631. The van der Waals surface area contributed by atoms with Gasteiger partial charge in [0.1, 0.15) is 5.84 Å². The van der Waals surface area contributed by atoms with Crippen molar-refractivity contribution in [2.45, 2.75) is 26.3 Å². The fourth-order valence-corrected chi connectivity index (χ4v) is 3.77. The number of benzene rings is 2. The van der Waals surface area contributed by atoms with Gasteiger partial charge in [-0.15, -0.1) is 0 Å². The van der Waals surface area contributed by atoms with Gasteiger partial charge in [-0.25, -0.2) is 0 Å². The van der Waals surface area contributed by atoms with E-state index in [0.717, 1.165) is 26.3 Å². The van der Waals surface area contributed by atoms with Crippen LogP contribution in [-0.2, 0) is 6.42 Å². The zero-order valence-electron chi connectivity index (χ0n) is 15.1. The Morgan fingerprint density at radius 1 is 1.15 bits per heavy atom. The second kappa shape index (κ2) is 8.54. The van der Waals surface area contributed by atoms with Crippen LogP contribution in [0.1, 0.15) is 29.9 Å². The summed E-state index contributed by atoms with van der Waals surface area (Å²) in [5.41, 5.74) is 9.48. The summed E-state index contributed by atoms with van der Waals surface area (Å²) in [6, 6.07) is 16.2. The average molecular weight is 445 g/mol. The second-order valence-corrected chi connectivity index (χ2v) is 8.26. The van der Waals surface area contributed by atoms with Gasteiger partial charge >= 0.3 is 0 Å². The molecule has 2 aromatic carbocycles. The Kier molecular flexibility index (Phi) is 6.13. The van der Waals surface area contributed by atoms with Gasteiger partial charge in [-0.1, -0.05) is 39.6 Å². The Labute approximate surface area is 170 Å². The predicted octanol–water partition coefficient (Wildman–Crippen LogP) is 4.65. The third-order valence-corrected chi connectivity index (χ3v) is 5.29. The van der Waals surface area contributed by atoms with Gasteiger partial charge in [-0.3, -0.25) is 14.2 Å². The van der Waals surface area contributed by atoms with Gasteiger partial charge in [0.15, 0.2) is 0 Å². The van der Waals surface area contributed by atoms with Crippen LogP contribution in [0.4, 0.5) is 11.4 Å². The molecule has 5 nitrogen and oxygen atoms in total. The van der Waals surface area contributed by atoms with Crippen LogP contribution in [0, 0.1) is 0 Å². The van der Waals surface area contributed by atoms with E-state index >= 15 is 0 Å². The van der Waals surface area contributed by atoms with Crippen LogP contribution in [0.25, 0.3) is 0 Å². The lowest BCUT2D eigenvalue weighted by Crippen LogP contribution is -2.24. The number of hydrogen-bond acceptors (Lipinski definition) is 4. The van der Waals surface area contributed by atoms with Crippen molar-refractivity contribution in [2.24, 2.45) is 10.7 Å². The highest BCUT2D eigenvalue weighted by Crippen LogP contribution is 2.21. The van der Waals surface area contributed by atoms with E-state index in [0.29, 0.717) is 17.8 Å². The van der Waals surface area contributed by atoms with Crippen molar-refractivity contribution in [3.63, 3.8) is 0 Å². The SMILES string of the molecule is CC(C)N=C(N)c1c(Cc2ccc(Nc3ccc(Br)cc3)cc2)s[nH]c1=O. The standard InChI is InChI=1S/C20H21BrN4OS/c1-12(2)23-19(22)18-17(27-25-20(18)26)11-13-3-7-15(8-4-13)24-16-9-5-14(21)6-10-16/h3-10,12,24H,11H2,1-2H3,(H2,22,23)(H,25,26). The van der Waals surface area contributed by atoms with E-state index in [1.165, 1.54) is 11.5 Å². The monoisotopic (exact) mass is 444 g/mol. The lowest BCUT2D eigenvalue weighted by molar-refractivity contribution is 0.834. The molecular weight excluding hydrogens is 424 g/mol. The van der Waals surface area contributed by atoms with Gasteiger partial charge in [0.05, 0.1) is 5.56 Å². The highest BCUT2D eigenvalue weighted by atomic mass is 79.9. The first-order valence-corrected chi connectivity index (χ1v) is 10.2. The number of anilines is 2. The second-order valence-electron chi connectivity index (χ2n) is 6.45. The Bertz CT molecular complexity index is 988. The first-order valence-electron chi connectivity index (χ1n) is 8.58.